The minimum atomic E-state index is 0.247. The van der Waals surface area contributed by atoms with Crippen LogP contribution in [0, 0.1) is 16.7 Å². The average molecular weight is 413 g/mol. The first-order chi connectivity index (χ1) is 15.0. The highest BCUT2D eigenvalue weighted by atomic mass is 15.2. The molecule has 0 radical (unpaired) electrons. The van der Waals surface area contributed by atoms with Gasteiger partial charge in [-0.2, -0.15) is 0 Å². The van der Waals surface area contributed by atoms with E-state index in [9.17, 15) is 0 Å². The lowest BCUT2D eigenvalue weighted by Gasteiger charge is -2.25. The highest BCUT2D eigenvalue weighted by molar-refractivity contribution is 6.30. The van der Waals surface area contributed by atoms with E-state index in [1.807, 2.05) is 60.7 Å². The van der Waals surface area contributed by atoms with Crippen LogP contribution in [0.2, 0.25) is 0 Å². The highest BCUT2D eigenvalue weighted by Crippen LogP contribution is 2.34. The molecule has 1 aliphatic heterocycles. The normalized spacial score (nSPS) is 12.7. The van der Waals surface area contributed by atoms with Crippen LogP contribution < -0.4 is 15.5 Å². The molecule has 4 N–H and O–H groups in total. The van der Waals surface area contributed by atoms with Crippen molar-refractivity contribution in [1.82, 2.24) is 10.3 Å². The Kier molecular flexibility index (Phi) is 6.09. The van der Waals surface area contributed by atoms with Crippen LogP contribution >= 0.6 is 0 Å². The summed E-state index contributed by atoms with van der Waals surface area (Å²) in [6.45, 7) is 6.26. The first kappa shape index (κ1) is 20.8. The van der Waals surface area contributed by atoms with E-state index in [1.165, 1.54) is 5.56 Å². The first-order valence-electron chi connectivity index (χ1n) is 10.6. The number of nitrogens with one attached hydrogen (secondary N) is 4. The SMILES string of the molecule is CC(C)CCNCc1ccc(C(=N)N2C(=N)c3ccccc3Nc3ncccc32)cc1. The van der Waals surface area contributed by atoms with Crippen LogP contribution in [-0.4, -0.2) is 23.2 Å². The molecule has 0 saturated carbocycles. The minimum Gasteiger partial charge on any atom is -0.338 e. The van der Waals surface area contributed by atoms with Gasteiger partial charge in [0, 0.05) is 23.9 Å². The van der Waals surface area contributed by atoms with E-state index in [-0.39, 0.29) is 11.7 Å². The van der Waals surface area contributed by atoms with Crippen molar-refractivity contribution in [3.05, 3.63) is 83.6 Å². The Hall–Kier alpha value is -3.51. The quantitative estimate of drug-likeness (QED) is 0.257. The third-order valence-electron chi connectivity index (χ3n) is 5.36. The predicted octanol–water partition coefficient (Wildman–Crippen LogP) is 5.13. The number of para-hydroxylation sites is 1. The zero-order valence-electron chi connectivity index (χ0n) is 17.9. The summed E-state index contributed by atoms with van der Waals surface area (Å²) in [4.78, 5) is 6.10. The summed E-state index contributed by atoms with van der Waals surface area (Å²) in [5.41, 5.74) is 4.17. The maximum Gasteiger partial charge on any atom is 0.154 e. The van der Waals surface area contributed by atoms with Gasteiger partial charge >= 0.3 is 0 Å². The van der Waals surface area contributed by atoms with Crippen LogP contribution in [0.5, 0.6) is 0 Å². The molecule has 0 spiro atoms. The number of hydrogen-bond donors (Lipinski definition) is 4. The molecule has 1 aliphatic rings. The summed E-state index contributed by atoms with van der Waals surface area (Å²) in [7, 11) is 0. The molecule has 0 unspecified atom stereocenters. The number of nitrogens with zero attached hydrogens (tertiary/aromatic N) is 2. The zero-order chi connectivity index (χ0) is 21.8. The largest absolute Gasteiger partial charge is 0.338 e. The number of hydrogen-bond acceptors (Lipinski definition) is 5. The predicted molar refractivity (Wildman–Crippen MR) is 128 cm³/mol. The Morgan fingerprint density at radius 2 is 1.84 bits per heavy atom. The molecule has 3 aromatic rings. The van der Waals surface area contributed by atoms with E-state index in [1.54, 1.807) is 11.1 Å². The van der Waals surface area contributed by atoms with E-state index in [0.29, 0.717) is 17.4 Å². The summed E-state index contributed by atoms with van der Waals surface area (Å²) in [5.74, 6) is 1.82. The molecule has 158 valence electrons. The summed E-state index contributed by atoms with van der Waals surface area (Å²) in [6.07, 6.45) is 2.87. The van der Waals surface area contributed by atoms with Crippen molar-refractivity contribution in [2.45, 2.75) is 26.8 Å². The van der Waals surface area contributed by atoms with Gasteiger partial charge in [-0.25, -0.2) is 4.98 Å². The van der Waals surface area contributed by atoms with Crippen molar-refractivity contribution in [1.29, 1.82) is 10.8 Å². The van der Waals surface area contributed by atoms with Gasteiger partial charge in [0.25, 0.3) is 0 Å². The van der Waals surface area contributed by atoms with Crippen molar-refractivity contribution in [2.75, 3.05) is 16.8 Å². The van der Waals surface area contributed by atoms with Crippen molar-refractivity contribution >= 4 is 28.9 Å². The van der Waals surface area contributed by atoms with Crippen LogP contribution in [0.25, 0.3) is 0 Å². The topological polar surface area (TPSA) is 87.9 Å². The third kappa shape index (κ3) is 4.49. The van der Waals surface area contributed by atoms with Gasteiger partial charge in [-0.15, -0.1) is 0 Å². The molecule has 0 saturated heterocycles. The van der Waals surface area contributed by atoms with Crippen molar-refractivity contribution in [2.24, 2.45) is 5.92 Å². The smallest absolute Gasteiger partial charge is 0.154 e. The molecule has 0 aliphatic carbocycles. The Labute approximate surface area is 183 Å². The fraction of sp³-hybridized carbons (Fsp3) is 0.240. The fourth-order valence-electron chi connectivity index (χ4n) is 3.61. The number of aromatic nitrogens is 1. The molecule has 4 rings (SSSR count). The van der Waals surface area contributed by atoms with Gasteiger partial charge in [-0.1, -0.05) is 50.2 Å². The van der Waals surface area contributed by atoms with Crippen LogP contribution in [-0.2, 0) is 6.54 Å². The number of rotatable bonds is 6. The van der Waals surface area contributed by atoms with Crippen molar-refractivity contribution < 1.29 is 0 Å². The van der Waals surface area contributed by atoms with Crippen LogP contribution in [0.3, 0.4) is 0 Å². The van der Waals surface area contributed by atoms with Crippen LogP contribution in [0.1, 0.15) is 37.0 Å². The molecule has 2 aromatic carbocycles. The van der Waals surface area contributed by atoms with Crippen LogP contribution in [0.15, 0.2) is 66.9 Å². The number of amidine groups is 2. The summed E-state index contributed by atoms with van der Waals surface area (Å²) < 4.78 is 0. The third-order valence-corrected chi connectivity index (χ3v) is 5.36. The Bertz CT molecular complexity index is 1090. The molecule has 6 heteroatoms. The van der Waals surface area contributed by atoms with E-state index in [2.05, 4.69) is 29.5 Å². The maximum absolute atomic E-state index is 8.92. The van der Waals surface area contributed by atoms with Crippen molar-refractivity contribution in [3.8, 4) is 0 Å². The number of pyridine rings is 1. The molecule has 0 amide bonds. The monoisotopic (exact) mass is 412 g/mol. The number of benzene rings is 2. The minimum absolute atomic E-state index is 0.247. The van der Waals surface area contributed by atoms with E-state index >= 15 is 0 Å². The highest BCUT2D eigenvalue weighted by Gasteiger charge is 2.28. The average Bonchev–Trinajstić information content (AvgIpc) is 2.90. The molecule has 0 fully saturated rings. The summed E-state index contributed by atoms with van der Waals surface area (Å²) in [6, 6.07) is 19.4. The Morgan fingerprint density at radius 1 is 1.06 bits per heavy atom. The molecule has 2 heterocycles. The zero-order valence-corrected chi connectivity index (χ0v) is 17.9. The Balaban J connectivity index is 1.59. The second-order valence-corrected chi connectivity index (χ2v) is 8.13. The van der Waals surface area contributed by atoms with Crippen LogP contribution in [0.4, 0.5) is 17.2 Å². The van der Waals surface area contributed by atoms with Gasteiger partial charge in [0.1, 0.15) is 11.7 Å². The van der Waals surface area contributed by atoms with E-state index in [4.69, 9.17) is 10.8 Å². The molecule has 1 aromatic heterocycles. The first-order valence-corrected chi connectivity index (χ1v) is 10.6. The molecule has 0 atom stereocenters. The standard InChI is InChI=1S/C25H28N6/c1-17(2)13-15-28-16-18-9-11-19(12-10-18)23(26)31-22-8-5-14-29-25(22)30-21-7-4-3-6-20(21)24(31)27/h3-12,14,17,26-28H,13,15-16H2,1-2H3,(H,29,30). The van der Waals surface area contributed by atoms with Gasteiger partial charge in [0.05, 0.1) is 11.4 Å². The van der Waals surface area contributed by atoms with Gasteiger partial charge in [-0.3, -0.25) is 15.7 Å². The van der Waals surface area contributed by atoms with Gasteiger partial charge < -0.3 is 10.6 Å². The molecule has 6 nitrogen and oxygen atoms in total. The summed E-state index contributed by atoms with van der Waals surface area (Å²) >= 11 is 0. The summed E-state index contributed by atoms with van der Waals surface area (Å²) in [5, 5.41) is 24.6. The van der Waals surface area contributed by atoms with E-state index < -0.39 is 0 Å². The van der Waals surface area contributed by atoms with Gasteiger partial charge in [0.15, 0.2) is 5.82 Å². The second kappa shape index (κ2) is 9.10. The van der Waals surface area contributed by atoms with Crippen molar-refractivity contribution in [3.63, 3.8) is 0 Å². The van der Waals surface area contributed by atoms with Gasteiger partial charge in [0.2, 0.25) is 0 Å². The lowest BCUT2D eigenvalue weighted by molar-refractivity contribution is 0.537. The number of anilines is 3. The molecule has 31 heavy (non-hydrogen) atoms. The lowest BCUT2D eigenvalue weighted by Crippen LogP contribution is -2.36. The van der Waals surface area contributed by atoms with E-state index in [0.717, 1.165) is 36.3 Å². The fourth-order valence-corrected chi connectivity index (χ4v) is 3.61. The number of fused-ring (bicyclic) bond motifs is 2. The molecule has 0 bridgehead atoms. The second-order valence-electron chi connectivity index (χ2n) is 8.13. The van der Waals surface area contributed by atoms with Gasteiger partial charge in [-0.05, 0) is 48.7 Å². The molecular weight excluding hydrogens is 384 g/mol. The molecular formula is C25H28N6. The lowest BCUT2D eigenvalue weighted by atomic mass is 10.1. The Morgan fingerprint density at radius 3 is 2.61 bits per heavy atom. The maximum atomic E-state index is 8.92.